The fourth-order valence-electron chi connectivity index (χ4n) is 2.92. The summed E-state index contributed by atoms with van der Waals surface area (Å²) in [6, 6.07) is 7.59. The molecule has 22 heavy (non-hydrogen) atoms. The summed E-state index contributed by atoms with van der Waals surface area (Å²) in [4.78, 5) is 26.4. The van der Waals surface area contributed by atoms with E-state index in [1.165, 1.54) is 0 Å². The lowest BCUT2D eigenvalue weighted by Crippen LogP contribution is -2.50. The van der Waals surface area contributed by atoms with Gasteiger partial charge in [0, 0.05) is 18.8 Å². The molecule has 0 bridgehead atoms. The molecule has 0 radical (unpaired) electrons. The molecule has 2 amide bonds. The molecule has 116 valence electrons. The van der Waals surface area contributed by atoms with Crippen LogP contribution in [0.3, 0.4) is 0 Å². The topological polar surface area (TPSA) is 58.6 Å². The van der Waals surface area contributed by atoms with Crippen molar-refractivity contribution in [3.63, 3.8) is 0 Å². The molecule has 3 rings (SSSR count). The second-order valence-electron chi connectivity index (χ2n) is 6.73. The zero-order valence-electron chi connectivity index (χ0n) is 13.1. The Bertz CT molecular complexity index is 660. The van der Waals surface area contributed by atoms with Crippen LogP contribution in [0.1, 0.15) is 26.3 Å². The Morgan fingerprint density at radius 3 is 2.77 bits per heavy atom. The zero-order chi connectivity index (χ0) is 16.0. The fourth-order valence-corrected chi connectivity index (χ4v) is 2.92. The molecule has 1 aromatic rings. The highest BCUT2D eigenvalue weighted by Gasteiger charge is 2.48. The molecule has 2 aliphatic rings. The van der Waals surface area contributed by atoms with Gasteiger partial charge in [0.1, 0.15) is 11.0 Å². The molecule has 0 saturated carbocycles. The average Bonchev–Trinajstić information content (AvgIpc) is 2.70. The van der Waals surface area contributed by atoms with Crippen LogP contribution in [0.25, 0.3) is 0 Å². The molecule has 1 unspecified atom stereocenters. The number of rotatable bonds is 0. The van der Waals surface area contributed by atoms with Crippen LogP contribution < -0.4 is 5.32 Å². The molecule has 0 fully saturated rings. The highest BCUT2D eigenvalue weighted by Crippen LogP contribution is 2.41. The molecule has 0 aromatic heterocycles. The van der Waals surface area contributed by atoms with Gasteiger partial charge in [-0.25, -0.2) is 4.79 Å². The molecule has 0 aliphatic carbocycles. The Morgan fingerprint density at radius 1 is 1.32 bits per heavy atom. The molecule has 1 spiro atoms. The van der Waals surface area contributed by atoms with E-state index in [0.29, 0.717) is 13.1 Å². The third-order valence-electron chi connectivity index (χ3n) is 3.88. The summed E-state index contributed by atoms with van der Waals surface area (Å²) in [6.07, 6.45) is 3.36. The number of carbonyl (C=O) groups is 2. The quantitative estimate of drug-likeness (QED) is 0.749. The first-order valence-corrected chi connectivity index (χ1v) is 7.38. The number of para-hydroxylation sites is 1. The first kappa shape index (κ1) is 14.6. The normalized spacial score (nSPS) is 23.4. The summed E-state index contributed by atoms with van der Waals surface area (Å²) in [5.41, 5.74) is 0.347. The fraction of sp³-hybridized carbons (Fsp3) is 0.412. The van der Waals surface area contributed by atoms with Crippen LogP contribution in [0, 0.1) is 0 Å². The number of amides is 2. The number of ether oxygens (including phenoxy) is 1. The molecule has 1 N–H and O–H groups in total. The third kappa shape index (κ3) is 2.36. The van der Waals surface area contributed by atoms with Crippen LogP contribution in [-0.4, -0.2) is 35.6 Å². The number of nitrogens with one attached hydrogen (secondary N) is 1. The Labute approximate surface area is 129 Å². The van der Waals surface area contributed by atoms with Crippen molar-refractivity contribution in [2.45, 2.75) is 31.8 Å². The minimum absolute atomic E-state index is 0.0989. The predicted molar refractivity (Wildman–Crippen MR) is 83.7 cm³/mol. The van der Waals surface area contributed by atoms with Gasteiger partial charge in [0.2, 0.25) is 5.91 Å². The van der Waals surface area contributed by atoms with E-state index < -0.39 is 17.1 Å². The van der Waals surface area contributed by atoms with Crippen LogP contribution in [0.15, 0.2) is 36.4 Å². The van der Waals surface area contributed by atoms with Crippen molar-refractivity contribution in [1.82, 2.24) is 4.90 Å². The highest BCUT2D eigenvalue weighted by molar-refractivity contribution is 6.08. The van der Waals surface area contributed by atoms with Crippen molar-refractivity contribution in [3.8, 4) is 0 Å². The molecular formula is C17H20N2O3. The highest BCUT2D eigenvalue weighted by atomic mass is 16.6. The second-order valence-corrected chi connectivity index (χ2v) is 6.73. The van der Waals surface area contributed by atoms with Crippen LogP contribution in [0.5, 0.6) is 0 Å². The molecule has 1 aromatic carbocycles. The molecular weight excluding hydrogens is 280 g/mol. The van der Waals surface area contributed by atoms with Gasteiger partial charge in [-0.05, 0) is 32.4 Å². The first-order valence-electron chi connectivity index (χ1n) is 7.38. The Kier molecular flexibility index (Phi) is 3.24. The van der Waals surface area contributed by atoms with Crippen molar-refractivity contribution in [2.24, 2.45) is 0 Å². The second kappa shape index (κ2) is 4.87. The monoisotopic (exact) mass is 300 g/mol. The minimum atomic E-state index is -0.814. The lowest BCUT2D eigenvalue weighted by molar-refractivity contribution is -0.120. The Hall–Kier alpha value is -2.30. The smallest absolute Gasteiger partial charge is 0.410 e. The van der Waals surface area contributed by atoms with E-state index in [4.69, 9.17) is 4.74 Å². The van der Waals surface area contributed by atoms with Gasteiger partial charge < -0.3 is 15.0 Å². The number of fused-ring (bicyclic) bond motifs is 2. The van der Waals surface area contributed by atoms with Crippen molar-refractivity contribution in [1.29, 1.82) is 0 Å². The minimum Gasteiger partial charge on any atom is -0.444 e. The van der Waals surface area contributed by atoms with Gasteiger partial charge in [-0.2, -0.15) is 0 Å². The van der Waals surface area contributed by atoms with Gasteiger partial charge in [0.05, 0.1) is 0 Å². The number of hydrogen-bond acceptors (Lipinski definition) is 3. The summed E-state index contributed by atoms with van der Waals surface area (Å²) in [6.45, 7) is 6.24. The van der Waals surface area contributed by atoms with Crippen LogP contribution in [-0.2, 0) is 14.9 Å². The van der Waals surface area contributed by atoms with Gasteiger partial charge in [-0.3, -0.25) is 4.79 Å². The predicted octanol–water partition coefficient (Wildman–Crippen LogP) is 2.68. The van der Waals surface area contributed by atoms with Crippen LogP contribution >= 0.6 is 0 Å². The van der Waals surface area contributed by atoms with Crippen molar-refractivity contribution in [2.75, 3.05) is 18.4 Å². The average molecular weight is 300 g/mol. The molecule has 2 heterocycles. The van der Waals surface area contributed by atoms with E-state index in [0.717, 1.165) is 11.3 Å². The summed E-state index contributed by atoms with van der Waals surface area (Å²) in [7, 11) is 0. The van der Waals surface area contributed by atoms with Gasteiger partial charge in [0.15, 0.2) is 0 Å². The van der Waals surface area contributed by atoms with Crippen molar-refractivity contribution in [3.05, 3.63) is 42.0 Å². The van der Waals surface area contributed by atoms with Crippen molar-refractivity contribution >= 4 is 17.7 Å². The number of carbonyl (C=O) groups excluding carboxylic acids is 2. The number of anilines is 1. The molecule has 1 atom stereocenters. The molecule has 5 nitrogen and oxygen atoms in total. The van der Waals surface area contributed by atoms with Crippen LogP contribution in [0.2, 0.25) is 0 Å². The SMILES string of the molecule is CC(C)(C)OC(=O)N1CC=CC2(C1)C(=O)Nc1ccccc12. The Balaban J connectivity index is 1.91. The maximum Gasteiger partial charge on any atom is 0.410 e. The number of benzene rings is 1. The van der Waals surface area contributed by atoms with E-state index in [1.807, 2.05) is 57.2 Å². The lowest BCUT2D eigenvalue weighted by Gasteiger charge is -2.35. The largest absolute Gasteiger partial charge is 0.444 e. The van der Waals surface area contributed by atoms with E-state index in [1.54, 1.807) is 4.90 Å². The maximum atomic E-state index is 12.5. The van der Waals surface area contributed by atoms with E-state index in [-0.39, 0.29) is 5.91 Å². The Morgan fingerprint density at radius 2 is 2.05 bits per heavy atom. The zero-order valence-corrected chi connectivity index (χ0v) is 13.1. The summed E-state index contributed by atoms with van der Waals surface area (Å²) >= 11 is 0. The first-order chi connectivity index (χ1) is 10.3. The standard InChI is InChI=1S/C17H20N2O3/c1-16(2,3)22-15(21)19-10-6-9-17(11-19)12-7-4-5-8-13(12)18-14(17)20/h4-9H,10-11H2,1-3H3,(H,18,20). The van der Waals surface area contributed by atoms with Crippen LogP contribution in [0.4, 0.5) is 10.5 Å². The molecule has 0 saturated heterocycles. The van der Waals surface area contributed by atoms with Gasteiger partial charge >= 0.3 is 6.09 Å². The number of hydrogen-bond donors (Lipinski definition) is 1. The van der Waals surface area contributed by atoms with Gasteiger partial charge in [0.25, 0.3) is 0 Å². The summed E-state index contributed by atoms with van der Waals surface area (Å²) < 4.78 is 5.42. The third-order valence-corrected chi connectivity index (χ3v) is 3.88. The summed E-state index contributed by atoms with van der Waals surface area (Å²) in [5, 5.41) is 2.90. The van der Waals surface area contributed by atoms with Gasteiger partial charge in [-0.1, -0.05) is 30.4 Å². The molecule has 5 heteroatoms. The summed E-state index contributed by atoms with van der Waals surface area (Å²) in [5.74, 6) is -0.0989. The maximum absolute atomic E-state index is 12.5. The molecule has 2 aliphatic heterocycles. The van der Waals surface area contributed by atoms with E-state index in [2.05, 4.69) is 5.32 Å². The lowest BCUT2D eigenvalue weighted by atomic mass is 9.79. The number of nitrogens with zero attached hydrogens (tertiary/aromatic N) is 1. The van der Waals surface area contributed by atoms with E-state index >= 15 is 0 Å². The van der Waals surface area contributed by atoms with Gasteiger partial charge in [-0.15, -0.1) is 0 Å². The van der Waals surface area contributed by atoms with Crippen molar-refractivity contribution < 1.29 is 14.3 Å². The van der Waals surface area contributed by atoms with E-state index in [9.17, 15) is 9.59 Å².